The molecule has 154 valence electrons. The molecule has 0 spiro atoms. The highest BCUT2D eigenvalue weighted by Gasteiger charge is 2.40. The Labute approximate surface area is 170 Å². The maximum absolute atomic E-state index is 12.6. The minimum Gasteiger partial charge on any atom is -0.444 e. The number of hydrogen-bond acceptors (Lipinski definition) is 4. The van der Waals surface area contributed by atoms with Crippen LogP contribution in [0.4, 0.5) is 10.5 Å². The lowest BCUT2D eigenvalue weighted by Crippen LogP contribution is -2.34. The van der Waals surface area contributed by atoms with Crippen LogP contribution in [0.15, 0.2) is 36.7 Å². The van der Waals surface area contributed by atoms with Crippen LogP contribution < -0.4 is 10.6 Å². The van der Waals surface area contributed by atoms with E-state index in [2.05, 4.69) is 15.7 Å². The van der Waals surface area contributed by atoms with Crippen LogP contribution in [0.25, 0.3) is 0 Å². The number of aromatic nitrogens is 2. The van der Waals surface area contributed by atoms with Crippen molar-refractivity contribution in [2.45, 2.75) is 64.1 Å². The normalized spacial score (nSPS) is 20.8. The molecule has 2 aliphatic rings. The number of carbonyl (C=O) groups is 2. The number of nitrogens with zero attached hydrogens (tertiary/aromatic N) is 2. The second-order valence-corrected chi connectivity index (χ2v) is 9.07. The minimum atomic E-state index is -0.515. The molecule has 29 heavy (non-hydrogen) atoms. The van der Waals surface area contributed by atoms with Gasteiger partial charge >= 0.3 is 6.09 Å². The molecule has 1 heterocycles. The van der Waals surface area contributed by atoms with Crippen molar-refractivity contribution in [3.05, 3.63) is 47.8 Å². The summed E-state index contributed by atoms with van der Waals surface area (Å²) in [6.07, 6.45) is 6.53. The summed E-state index contributed by atoms with van der Waals surface area (Å²) in [7, 11) is 0. The molecule has 1 aromatic heterocycles. The number of rotatable bonds is 6. The zero-order chi connectivity index (χ0) is 20.6. The number of nitrogens with one attached hydrogen (secondary N) is 2. The molecule has 1 aromatic carbocycles. The highest BCUT2D eigenvalue weighted by atomic mass is 16.6. The van der Waals surface area contributed by atoms with Gasteiger partial charge < -0.3 is 15.4 Å². The number of alkyl carbamates (subject to hydrolysis) is 1. The predicted molar refractivity (Wildman–Crippen MR) is 110 cm³/mol. The Bertz CT molecular complexity index is 911. The molecule has 7 nitrogen and oxygen atoms in total. The van der Waals surface area contributed by atoms with Crippen LogP contribution in [-0.4, -0.2) is 33.4 Å². The molecule has 2 aliphatic carbocycles. The Kier molecular flexibility index (Phi) is 5.06. The van der Waals surface area contributed by atoms with Crippen molar-refractivity contribution in [3.8, 4) is 0 Å². The topological polar surface area (TPSA) is 85.2 Å². The molecule has 0 unspecified atom stereocenters. The van der Waals surface area contributed by atoms with Gasteiger partial charge in [-0.3, -0.25) is 9.48 Å². The maximum atomic E-state index is 12.6. The molecule has 0 aliphatic heterocycles. The number of amides is 2. The fourth-order valence-corrected chi connectivity index (χ4v) is 3.39. The fraction of sp³-hybridized carbons (Fsp3) is 0.500. The first kappa shape index (κ1) is 19.5. The molecule has 2 saturated carbocycles. The summed E-state index contributed by atoms with van der Waals surface area (Å²) in [5.74, 6) is 0.780. The molecule has 2 N–H and O–H groups in total. The molecule has 0 saturated heterocycles. The predicted octanol–water partition coefficient (Wildman–Crippen LogP) is 3.93. The number of carbonyl (C=O) groups excluding carboxylic acids is 2. The van der Waals surface area contributed by atoms with E-state index in [1.54, 1.807) is 12.3 Å². The molecular weight excluding hydrogens is 368 g/mol. The summed E-state index contributed by atoms with van der Waals surface area (Å²) in [5.41, 5.74) is 1.83. The fourth-order valence-electron chi connectivity index (χ4n) is 3.39. The number of hydrogen-bond donors (Lipinski definition) is 2. The van der Waals surface area contributed by atoms with E-state index in [9.17, 15) is 9.59 Å². The van der Waals surface area contributed by atoms with E-state index < -0.39 is 11.7 Å². The third-order valence-corrected chi connectivity index (χ3v) is 5.10. The zero-order valence-electron chi connectivity index (χ0n) is 17.1. The first-order valence-electron chi connectivity index (χ1n) is 10.2. The second kappa shape index (κ2) is 7.54. The lowest BCUT2D eigenvalue weighted by molar-refractivity contribution is 0.0522. The van der Waals surface area contributed by atoms with Crippen molar-refractivity contribution in [3.63, 3.8) is 0 Å². The van der Waals surface area contributed by atoms with Gasteiger partial charge in [0.15, 0.2) is 0 Å². The van der Waals surface area contributed by atoms with Gasteiger partial charge in [0.2, 0.25) is 0 Å². The highest BCUT2D eigenvalue weighted by Crippen LogP contribution is 2.41. The van der Waals surface area contributed by atoms with E-state index >= 15 is 0 Å². The third-order valence-electron chi connectivity index (χ3n) is 5.10. The van der Waals surface area contributed by atoms with Crippen LogP contribution in [-0.2, 0) is 11.3 Å². The summed E-state index contributed by atoms with van der Waals surface area (Å²) < 4.78 is 7.20. The smallest absolute Gasteiger partial charge is 0.407 e. The average molecular weight is 396 g/mol. The van der Waals surface area contributed by atoms with Gasteiger partial charge in [-0.1, -0.05) is 12.1 Å². The van der Waals surface area contributed by atoms with Crippen LogP contribution in [0.3, 0.4) is 0 Å². The largest absolute Gasteiger partial charge is 0.444 e. The molecule has 2 amide bonds. The first-order valence-corrected chi connectivity index (χ1v) is 10.2. The van der Waals surface area contributed by atoms with E-state index in [1.807, 2.05) is 49.8 Å². The molecule has 2 aromatic rings. The van der Waals surface area contributed by atoms with Gasteiger partial charge in [0.05, 0.1) is 11.9 Å². The van der Waals surface area contributed by atoms with Gasteiger partial charge in [0.1, 0.15) is 5.60 Å². The lowest BCUT2D eigenvalue weighted by Gasteiger charge is -2.19. The number of benzene rings is 1. The van der Waals surface area contributed by atoms with Crippen molar-refractivity contribution >= 4 is 17.7 Å². The van der Waals surface area contributed by atoms with Crippen molar-refractivity contribution in [2.75, 3.05) is 5.32 Å². The van der Waals surface area contributed by atoms with Crippen LogP contribution in [0.2, 0.25) is 0 Å². The zero-order valence-corrected chi connectivity index (χ0v) is 17.1. The standard InChI is InChI=1S/C22H28N4O3/c1-22(2,3)29-21(28)25-19-10-18(19)15-5-4-6-16(9-15)20(27)24-17-11-23-26(13-17)12-14-7-8-14/h4-6,9,11,13-14,18-19H,7-8,10,12H2,1-3H3,(H,24,27)(H,25,28)/t18-,19+/m0/s1. The highest BCUT2D eigenvalue weighted by molar-refractivity contribution is 6.04. The molecular formula is C22H28N4O3. The Morgan fingerprint density at radius 3 is 2.79 bits per heavy atom. The molecule has 7 heteroatoms. The molecule has 2 atom stereocenters. The Morgan fingerprint density at radius 2 is 2.07 bits per heavy atom. The van der Waals surface area contributed by atoms with Gasteiger partial charge in [-0.25, -0.2) is 4.79 Å². The number of anilines is 1. The van der Waals surface area contributed by atoms with E-state index in [0.717, 1.165) is 24.4 Å². The van der Waals surface area contributed by atoms with Crippen molar-refractivity contribution in [2.24, 2.45) is 5.92 Å². The summed E-state index contributed by atoms with van der Waals surface area (Å²) in [5, 5.41) is 10.1. The Balaban J connectivity index is 1.33. The first-order chi connectivity index (χ1) is 13.8. The Morgan fingerprint density at radius 1 is 1.28 bits per heavy atom. The second-order valence-electron chi connectivity index (χ2n) is 9.07. The van der Waals surface area contributed by atoms with Crippen LogP contribution in [0, 0.1) is 5.92 Å². The lowest BCUT2D eigenvalue weighted by atomic mass is 10.1. The summed E-state index contributed by atoms with van der Waals surface area (Å²) >= 11 is 0. The van der Waals surface area contributed by atoms with Gasteiger partial charge in [-0.15, -0.1) is 0 Å². The van der Waals surface area contributed by atoms with Crippen LogP contribution >= 0.6 is 0 Å². The summed E-state index contributed by atoms with van der Waals surface area (Å²) in [6.45, 7) is 6.44. The molecule has 4 rings (SSSR count). The third kappa shape index (κ3) is 5.37. The van der Waals surface area contributed by atoms with Crippen LogP contribution in [0.5, 0.6) is 0 Å². The van der Waals surface area contributed by atoms with Crippen LogP contribution in [0.1, 0.15) is 61.9 Å². The molecule has 0 bridgehead atoms. The monoisotopic (exact) mass is 396 g/mol. The van der Waals surface area contributed by atoms with E-state index in [0.29, 0.717) is 11.3 Å². The van der Waals surface area contributed by atoms with Gasteiger partial charge in [0.25, 0.3) is 5.91 Å². The van der Waals surface area contributed by atoms with Crippen molar-refractivity contribution < 1.29 is 14.3 Å². The van der Waals surface area contributed by atoms with E-state index in [1.165, 1.54) is 12.8 Å². The average Bonchev–Trinajstić information content (AvgIpc) is 3.54. The molecule has 2 fully saturated rings. The van der Waals surface area contributed by atoms with Crippen molar-refractivity contribution in [1.82, 2.24) is 15.1 Å². The summed E-state index contributed by atoms with van der Waals surface area (Å²) in [4.78, 5) is 24.6. The van der Waals surface area contributed by atoms with E-state index in [-0.39, 0.29) is 17.9 Å². The van der Waals surface area contributed by atoms with Gasteiger partial charge in [-0.05, 0) is 63.6 Å². The van der Waals surface area contributed by atoms with Crippen molar-refractivity contribution in [1.29, 1.82) is 0 Å². The summed E-state index contributed by atoms with van der Waals surface area (Å²) in [6, 6.07) is 7.61. The minimum absolute atomic E-state index is 0.0452. The van der Waals surface area contributed by atoms with E-state index in [4.69, 9.17) is 4.74 Å². The SMILES string of the molecule is CC(C)(C)OC(=O)N[C@@H]1C[C@H]1c1cccc(C(=O)Nc2cnn(CC3CC3)c2)c1. The van der Waals surface area contributed by atoms with Gasteiger partial charge in [0, 0.05) is 30.3 Å². The molecule has 0 radical (unpaired) electrons. The number of ether oxygens (including phenoxy) is 1. The Hall–Kier alpha value is -2.83. The maximum Gasteiger partial charge on any atom is 0.407 e. The van der Waals surface area contributed by atoms with Gasteiger partial charge in [-0.2, -0.15) is 5.10 Å². The quantitative estimate of drug-likeness (QED) is 0.775.